The van der Waals surface area contributed by atoms with Crippen molar-refractivity contribution in [2.45, 2.75) is 39.7 Å². The van der Waals surface area contributed by atoms with Crippen molar-refractivity contribution >= 4 is 29.1 Å². The van der Waals surface area contributed by atoms with Gasteiger partial charge in [-0.15, -0.1) is 0 Å². The summed E-state index contributed by atoms with van der Waals surface area (Å²) >= 11 is 6.25. The summed E-state index contributed by atoms with van der Waals surface area (Å²) < 4.78 is 0. The molecule has 2 unspecified atom stereocenters. The molecule has 5 nitrogen and oxygen atoms in total. The van der Waals surface area contributed by atoms with E-state index in [-0.39, 0.29) is 17.7 Å². The number of rotatable bonds is 7. The Balaban J connectivity index is 1.76. The van der Waals surface area contributed by atoms with Crippen LogP contribution in [0.4, 0.5) is 5.69 Å². The van der Waals surface area contributed by atoms with Gasteiger partial charge in [0.15, 0.2) is 0 Å². The Kier molecular flexibility index (Phi) is 8.10. The van der Waals surface area contributed by atoms with Crippen LogP contribution < -0.4 is 10.6 Å². The van der Waals surface area contributed by atoms with Crippen molar-refractivity contribution in [2.75, 3.05) is 25.0 Å². The van der Waals surface area contributed by atoms with E-state index in [9.17, 15) is 9.59 Å². The minimum atomic E-state index is -0.398. The number of hydrogen-bond acceptors (Lipinski definition) is 3. The van der Waals surface area contributed by atoms with Crippen molar-refractivity contribution in [1.82, 2.24) is 10.2 Å². The molecule has 3 rings (SSSR count). The molecular formula is C25H32ClN3O2. The molecule has 0 bridgehead atoms. The molecule has 1 fully saturated rings. The summed E-state index contributed by atoms with van der Waals surface area (Å²) in [6, 6.07) is 15.0. The SMILES string of the molecule is Cc1ccc(NC(=O)C(c2ccccc2)N2CCCC(CNC(=O)C(C)C)C2)cc1Cl. The summed E-state index contributed by atoms with van der Waals surface area (Å²) in [5.41, 5.74) is 2.63. The van der Waals surface area contributed by atoms with Crippen LogP contribution in [0.3, 0.4) is 0 Å². The monoisotopic (exact) mass is 441 g/mol. The number of likely N-dealkylation sites (tertiary alicyclic amines) is 1. The number of carbonyl (C=O) groups excluding carboxylic acids is 2. The van der Waals surface area contributed by atoms with Gasteiger partial charge in [-0.3, -0.25) is 14.5 Å². The first-order valence-corrected chi connectivity index (χ1v) is 11.4. The summed E-state index contributed by atoms with van der Waals surface area (Å²) in [7, 11) is 0. The van der Waals surface area contributed by atoms with Crippen LogP contribution in [-0.4, -0.2) is 36.3 Å². The van der Waals surface area contributed by atoms with Gasteiger partial charge in [0, 0.05) is 29.7 Å². The van der Waals surface area contributed by atoms with Crippen molar-refractivity contribution in [2.24, 2.45) is 11.8 Å². The molecule has 166 valence electrons. The fraction of sp³-hybridized carbons (Fsp3) is 0.440. The fourth-order valence-electron chi connectivity index (χ4n) is 3.99. The van der Waals surface area contributed by atoms with E-state index < -0.39 is 6.04 Å². The summed E-state index contributed by atoms with van der Waals surface area (Å²) in [4.78, 5) is 27.6. The average molecular weight is 442 g/mol. The molecule has 0 spiro atoms. The molecule has 1 aliphatic heterocycles. The van der Waals surface area contributed by atoms with Crippen LogP contribution in [0.25, 0.3) is 0 Å². The lowest BCUT2D eigenvalue weighted by Gasteiger charge is -2.38. The van der Waals surface area contributed by atoms with E-state index in [0.29, 0.717) is 23.2 Å². The van der Waals surface area contributed by atoms with Gasteiger partial charge in [-0.05, 0) is 55.5 Å². The predicted octanol–water partition coefficient (Wildman–Crippen LogP) is 4.81. The third kappa shape index (κ3) is 6.31. The van der Waals surface area contributed by atoms with Crippen molar-refractivity contribution < 1.29 is 9.59 Å². The maximum absolute atomic E-state index is 13.4. The van der Waals surface area contributed by atoms with Crippen LogP contribution in [-0.2, 0) is 9.59 Å². The number of halogens is 1. The Morgan fingerprint density at radius 3 is 2.55 bits per heavy atom. The number of carbonyl (C=O) groups is 2. The van der Waals surface area contributed by atoms with Crippen LogP contribution in [0.1, 0.15) is 43.9 Å². The first-order chi connectivity index (χ1) is 14.8. The highest BCUT2D eigenvalue weighted by molar-refractivity contribution is 6.31. The maximum Gasteiger partial charge on any atom is 0.246 e. The van der Waals surface area contributed by atoms with Gasteiger partial charge in [0.25, 0.3) is 0 Å². The molecular weight excluding hydrogens is 410 g/mol. The second kappa shape index (κ2) is 10.8. The molecule has 2 aromatic carbocycles. The van der Waals surface area contributed by atoms with Gasteiger partial charge in [0.1, 0.15) is 6.04 Å². The minimum Gasteiger partial charge on any atom is -0.356 e. The van der Waals surface area contributed by atoms with Crippen LogP contribution in [0.15, 0.2) is 48.5 Å². The molecule has 31 heavy (non-hydrogen) atoms. The van der Waals surface area contributed by atoms with E-state index in [1.54, 1.807) is 6.07 Å². The van der Waals surface area contributed by atoms with Crippen molar-refractivity contribution in [3.63, 3.8) is 0 Å². The number of amides is 2. The van der Waals surface area contributed by atoms with Crippen LogP contribution in [0, 0.1) is 18.8 Å². The smallest absolute Gasteiger partial charge is 0.246 e. The van der Waals surface area contributed by atoms with Crippen molar-refractivity contribution in [3.05, 3.63) is 64.7 Å². The minimum absolute atomic E-state index is 0.0242. The number of hydrogen-bond donors (Lipinski definition) is 2. The molecule has 0 aromatic heterocycles. The summed E-state index contributed by atoms with van der Waals surface area (Å²) in [6.45, 7) is 7.98. The van der Waals surface area contributed by atoms with Crippen LogP contribution >= 0.6 is 11.6 Å². The van der Waals surface area contributed by atoms with Gasteiger partial charge in [0.05, 0.1) is 0 Å². The van der Waals surface area contributed by atoms with E-state index in [1.807, 2.05) is 63.2 Å². The third-order valence-corrected chi connectivity index (χ3v) is 6.22. The zero-order valence-corrected chi connectivity index (χ0v) is 19.3. The summed E-state index contributed by atoms with van der Waals surface area (Å²) in [5.74, 6) is 0.303. The van der Waals surface area contributed by atoms with Gasteiger partial charge in [-0.2, -0.15) is 0 Å². The molecule has 2 atom stereocenters. The largest absolute Gasteiger partial charge is 0.356 e. The molecule has 0 aliphatic carbocycles. The molecule has 0 radical (unpaired) electrons. The highest BCUT2D eigenvalue weighted by Crippen LogP contribution is 2.29. The number of nitrogens with one attached hydrogen (secondary N) is 2. The molecule has 2 N–H and O–H groups in total. The van der Waals surface area contributed by atoms with Gasteiger partial charge in [0.2, 0.25) is 11.8 Å². The van der Waals surface area contributed by atoms with Crippen LogP contribution in [0.5, 0.6) is 0 Å². The second-order valence-electron chi connectivity index (χ2n) is 8.67. The first-order valence-electron chi connectivity index (χ1n) is 11.0. The number of aryl methyl sites for hydroxylation is 1. The van der Waals surface area contributed by atoms with Crippen molar-refractivity contribution in [1.29, 1.82) is 0 Å². The molecule has 1 saturated heterocycles. The quantitative estimate of drug-likeness (QED) is 0.648. The zero-order chi connectivity index (χ0) is 22.4. The van der Waals surface area contributed by atoms with E-state index in [4.69, 9.17) is 11.6 Å². The lowest BCUT2D eigenvalue weighted by Crippen LogP contribution is -2.46. The van der Waals surface area contributed by atoms with Crippen LogP contribution in [0.2, 0.25) is 5.02 Å². The predicted molar refractivity (Wildman–Crippen MR) is 126 cm³/mol. The normalized spacial score (nSPS) is 17.9. The highest BCUT2D eigenvalue weighted by Gasteiger charge is 2.32. The van der Waals surface area contributed by atoms with Gasteiger partial charge in [-0.25, -0.2) is 0 Å². The highest BCUT2D eigenvalue weighted by atomic mass is 35.5. The number of benzene rings is 2. The van der Waals surface area contributed by atoms with Gasteiger partial charge in [-0.1, -0.05) is 61.8 Å². The van der Waals surface area contributed by atoms with E-state index >= 15 is 0 Å². The Morgan fingerprint density at radius 2 is 1.87 bits per heavy atom. The first kappa shape index (κ1) is 23.3. The Hall–Kier alpha value is -2.37. The molecule has 1 aliphatic rings. The van der Waals surface area contributed by atoms with E-state index in [2.05, 4.69) is 15.5 Å². The van der Waals surface area contributed by atoms with E-state index in [1.165, 1.54) is 0 Å². The Morgan fingerprint density at radius 1 is 1.13 bits per heavy atom. The average Bonchev–Trinajstić information content (AvgIpc) is 2.76. The fourth-order valence-corrected chi connectivity index (χ4v) is 4.17. The Bertz CT molecular complexity index is 901. The number of anilines is 1. The van der Waals surface area contributed by atoms with E-state index in [0.717, 1.165) is 37.1 Å². The molecule has 2 amide bonds. The van der Waals surface area contributed by atoms with Gasteiger partial charge >= 0.3 is 0 Å². The standard InChI is InChI=1S/C25H32ClN3O2/c1-17(2)24(30)27-15-19-8-7-13-29(16-19)23(20-9-5-4-6-10-20)25(31)28-21-12-11-18(3)22(26)14-21/h4-6,9-12,14,17,19,23H,7-8,13,15-16H2,1-3H3,(H,27,30)(H,28,31). The topological polar surface area (TPSA) is 61.4 Å². The summed E-state index contributed by atoms with van der Waals surface area (Å²) in [5, 5.41) is 6.73. The zero-order valence-electron chi connectivity index (χ0n) is 18.5. The number of nitrogens with zero attached hydrogens (tertiary/aromatic N) is 1. The number of piperidine rings is 1. The molecule has 1 heterocycles. The summed E-state index contributed by atoms with van der Waals surface area (Å²) in [6.07, 6.45) is 2.04. The van der Waals surface area contributed by atoms with Crippen molar-refractivity contribution in [3.8, 4) is 0 Å². The molecule has 6 heteroatoms. The Labute approximate surface area is 190 Å². The lowest BCUT2D eigenvalue weighted by atomic mass is 9.94. The second-order valence-corrected chi connectivity index (χ2v) is 9.08. The third-order valence-electron chi connectivity index (χ3n) is 5.81. The van der Waals surface area contributed by atoms with Gasteiger partial charge < -0.3 is 10.6 Å². The molecule has 0 saturated carbocycles. The molecule has 2 aromatic rings. The lowest BCUT2D eigenvalue weighted by molar-refractivity contribution is -0.125. The maximum atomic E-state index is 13.4.